The van der Waals surface area contributed by atoms with Gasteiger partial charge in [-0.05, 0) is 50.6 Å². The second-order valence-electron chi connectivity index (χ2n) is 7.01. The Labute approximate surface area is 154 Å². The van der Waals surface area contributed by atoms with Gasteiger partial charge in [0.25, 0.3) is 0 Å². The van der Waals surface area contributed by atoms with E-state index in [0.717, 1.165) is 0 Å². The van der Waals surface area contributed by atoms with E-state index in [2.05, 4.69) is 4.74 Å². The van der Waals surface area contributed by atoms with Gasteiger partial charge in [0.05, 0.1) is 12.0 Å². The number of halogens is 3. The number of Topliss-reactive ketones (excluding diaryl/α,β-unsaturated/α-hetero) is 1. The van der Waals surface area contributed by atoms with Crippen molar-refractivity contribution in [3.8, 4) is 17.2 Å². The average molecular weight is 380 g/mol. The molecule has 3 rings (SSSR count). The number of carbonyl (C=O) groups is 1. The fraction of sp³-hybridized carbons (Fsp3) is 0.350. The van der Waals surface area contributed by atoms with E-state index in [1.165, 1.54) is 18.2 Å². The van der Waals surface area contributed by atoms with Crippen molar-refractivity contribution >= 4 is 5.78 Å². The smallest absolute Gasteiger partial charge is 0.488 e. The second-order valence-corrected chi connectivity index (χ2v) is 7.01. The zero-order valence-corrected chi connectivity index (χ0v) is 15.1. The summed E-state index contributed by atoms with van der Waals surface area (Å²) >= 11 is 0. The van der Waals surface area contributed by atoms with Gasteiger partial charge in [-0.25, -0.2) is 0 Å². The maximum atomic E-state index is 12.3. The van der Waals surface area contributed by atoms with Gasteiger partial charge < -0.3 is 14.2 Å². The Hall–Kier alpha value is -2.70. The largest absolute Gasteiger partial charge is 0.573 e. The Bertz CT molecular complexity index is 872. The molecular weight excluding hydrogens is 361 g/mol. The molecule has 0 radical (unpaired) electrons. The van der Waals surface area contributed by atoms with E-state index in [4.69, 9.17) is 9.47 Å². The van der Waals surface area contributed by atoms with Gasteiger partial charge in [-0.3, -0.25) is 4.79 Å². The predicted octanol–water partition coefficient (Wildman–Crippen LogP) is 5.22. The Balaban J connectivity index is 1.78. The molecule has 0 fully saturated rings. The van der Waals surface area contributed by atoms with Crippen LogP contribution in [0.25, 0.3) is 0 Å². The van der Waals surface area contributed by atoms with Crippen molar-refractivity contribution in [3.63, 3.8) is 0 Å². The van der Waals surface area contributed by atoms with E-state index in [1.54, 1.807) is 25.1 Å². The second kappa shape index (κ2) is 6.79. The molecule has 0 aromatic heterocycles. The number of alkyl halides is 3. The summed E-state index contributed by atoms with van der Waals surface area (Å²) < 4.78 is 52.6. The number of hydrogen-bond donors (Lipinski definition) is 0. The van der Waals surface area contributed by atoms with Crippen LogP contribution in [-0.4, -0.2) is 17.7 Å². The first-order valence-corrected chi connectivity index (χ1v) is 8.37. The van der Waals surface area contributed by atoms with Crippen LogP contribution in [0.15, 0.2) is 36.4 Å². The molecule has 0 aliphatic carbocycles. The summed E-state index contributed by atoms with van der Waals surface area (Å²) in [7, 11) is 0. The lowest BCUT2D eigenvalue weighted by molar-refractivity contribution is -0.274. The number of carbonyl (C=O) groups excluding carboxylic acids is 1. The highest BCUT2D eigenvalue weighted by molar-refractivity contribution is 6.01. The van der Waals surface area contributed by atoms with E-state index < -0.39 is 12.0 Å². The summed E-state index contributed by atoms with van der Waals surface area (Å²) in [5.74, 6) is 0.693. The molecule has 1 aliphatic heterocycles. The van der Waals surface area contributed by atoms with E-state index in [-0.39, 0.29) is 18.1 Å². The standard InChI is InChI=1S/C20H19F3O4/c1-12-17(8-7-15-16(24)10-19(2,3)27-18(12)15)25-11-13-5-4-6-14(9-13)26-20(21,22)23/h4-9H,10-11H2,1-3H3. The molecule has 144 valence electrons. The first-order valence-electron chi connectivity index (χ1n) is 8.37. The number of fused-ring (bicyclic) bond motifs is 1. The molecule has 2 aromatic carbocycles. The zero-order valence-electron chi connectivity index (χ0n) is 15.1. The third-order valence-corrected chi connectivity index (χ3v) is 4.15. The summed E-state index contributed by atoms with van der Waals surface area (Å²) in [6.07, 6.45) is -4.45. The highest BCUT2D eigenvalue weighted by Crippen LogP contribution is 2.39. The fourth-order valence-electron chi connectivity index (χ4n) is 2.97. The van der Waals surface area contributed by atoms with Crippen molar-refractivity contribution < 1.29 is 32.2 Å². The zero-order chi connectivity index (χ0) is 19.8. The lowest BCUT2D eigenvalue weighted by Crippen LogP contribution is -2.36. The van der Waals surface area contributed by atoms with Crippen LogP contribution in [0.2, 0.25) is 0 Å². The molecule has 0 atom stereocenters. The number of hydrogen-bond acceptors (Lipinski definition) is 4. The first kappa shape index (κ1) is 19.1. The molecule has 0 spiro atoms. The van der Waals surface area contributed by atoms with Crippen molar-refractivity contribution in [2.45, 2.75) is 45.8 Å². The molecule has 4 nitrogen and oxygen atoms in total. The van der Waals surface area contributed by atoms with Crippen LogP contribution in [0.3, 0.4) is 0 Å². The third kappa shape index (κ3) is 4.53. The van der Waals surface area contributed by atoms with Crippen molar-refractivity contribution in [3.05, 3.63) is 53.1 Å². The molecule has 0 saturated carbocycles. The van der Waals surface area contributed by atoms with Crippen LogP contribution in [0.5, 0.6) is 17.2 Å². The minimum atomic E-state index is -4.74. The molecule has 7 heteroatoms. The van der Waals surface area contributed by atoms with Gasteiger partial charge in [-0.15, -0.1) is 13.2 Å². The number of benzene rings is 2. The van der Waals surface area contributed by atoms with Gasteiger partial charge in [0.15, 0.2) is 5.78 Å². The third-order valence-electron chi connectivity index (χ3n) is 4.15. The average Bonchev–Trinajstić information content (AvgIpc) is 2.53. The van der Waals surface area contributed by atoms with Crippen molar-refractivity contribution in [1.82, 2.24) is 0 Å². The van der Waals surface area contributed by atoms with Crippen LogP contribution in [0.1, 0.15) is 41.8 Å². The molecule has 2 aromatic rings. The van der Waals surface area contributed by atoms with Crippen LogP contribution in [0.4, 0.5) is 13.2 Å². The maximum Gasteiger partial charge on any atom is 0.573 e. The summed E-state index contributed by atoms with van der Waals surface area (Å²) in [4.78, 5) is 12.3. The summed E-state index contributed by atoms with van der Waals surface area (Å²) in [6, 6.07) is 8.92. The normalized spacial score (nSPS) is 15.7. The van der Waals surface area contributed by atoms with Gasteiger partial charge >= 0.3 is 6.36 Å². The SMILES string of the molecule is Cc1c(OCc2cccc(OC(F)(F)F)c2)ccc2c1OC(C)(C)CC2=O. The van der Waals surface area contributed by atoms with E-state index >= 15 is 0 Å². The summed E-state index contributed by atoms with van der Waals surface area (Å²) in [6.45, 7) is 5.51. The number of ketones is 1. The highest BCUT2D eigenvalue weighted by atomic mass is 19.4. The molecule has 0 unspecified atom stereocenters. The minimum absolute atomic E-state index is 0.00732. The predicted molar refractivity (Wildman–Crippen MR) is 92.3 cm³/mol. The Morgan fingerprint density at radius 3 is 2.63 bits per heavy atom. The van der Waals surface area contributed by atoms with Gasteiger partial charge in [0.1, 0.15) is 29.5 Å². The molecule has 1 heterocycles. The van der Waals surface area contributed by atoms with E-state index in [0.29, 0.717) is 34.6 Å². The molecule has 0 amide bonds. The van der Waals surface area contributed by atoms with E-state index in [9.17, 15) is 18.0 Å². The Morgan fingerprint density at radius 1 is 1.19 bits per heavy atom. The number of rotatable bonds is 4. The summed E-state index contributed by atoms with van der Waals surface area (Å²) in [5, 5.41) is 0. The molecule has 1 aliphatic rings. The highest BCUT2D eigenvalue weighted by Gasteiger charge is 2.34. The minimum Gasteiger partial charge on any atom is -0.488 e. The van der Waals surface area contributed by atoms with Gasteiger partial charge in [0, 0.05) is 5.56 Å². The quantitative estimate of drug-likeness (QED) is 0.730. The summed E-state index contributed by atoms with van der Waals surface area (Å²) in [5.41, 5.74) is 1.11. The van der Waals surface area contributed by atoms with Gasteiger partial charge in [-0.1, -0.05) is 12.1 Å². The molecule has 0 N–H and O–H groups in total. The molecular formula is C20H19F3O4. The molecule has 27 heavy (non-hydrogen) atoms. The van der Waals surface area contributed by atoms with Gasteiger partial charge in [-0.2, -0.15) is 0 Å². The Kier molecular flexibility index (Phi) is 4.80. The monoisotopic (exact) mass is 380 g/mol. The van der Waals surface area contributed by atoms with E-state index in [1.807, 2.05) is 13.8 Å². The van der Waals surface area contributed by atoms with Crippen LogP contribution in [-0.2, 0) is 6.61 Å². The fourth-order valence-corrected chi connectivity index (χ4v) is 2.97. The lowest BCUT2D eigenvalue weighted by atomic mass is 9.91. The van der Waals surface area contributed by atoms with Crippen molar-refractivity contribution in [1.29, 1.82) is 0 Å². The lowest BCUT2D eigenvalue weighted by Gasteiger charge is -2.33. The van der Waals surface area contributed by atoms with Crippen LogP contribution < -0.4 is 14.2 Å². The maximum absolute atomic E-state index is 12.3. The topological polar surface area (TPSA) is 44.8 Å². The molecule has 0 saturated heterocycles. The first-order chi connectivity index (χ1) is 12.5. The number of ether oxygens (including phenoxy) is 3. The Morgan fingerprint density at radius 2 is 1.93 bits per heavy atom. The van der Waals surface area contributed by atoms with Crippen LogP contribution in [0, 0.1) is 6.92 Å². The van der Waals surface area contributed by atoms with Crippen molar-refractivity contribution in [2.24, 2.45) is 0 Å². The molecule has 0 bridgehead atoms. The van der Waals surface area contributed by atoms with Gasteiger partial charge in [0.2, 0.25) is 0 Å². The van der Waals surface area contributed by atoms with Crippen molar-refractivity contribution in [2.75, 3.05) is 0 Å². The van der Waals surface area contributed by atoms with Crippen LogP contribution >= 0.6 is 0 Å².